The Hall–Kier alpha value is -1.13. The van der Waals surface area contributed by atoms with E-state index in [0.29, 0.717) is 10.2 Å². The normalized spacial score (nSPS) is 10.4. The molecule has 2 aromatic rings. The zero-order valence-corrected chi connectivity index (χ0v) is 8.97. The lowest BCUT2D eigenvalue weighted by Crippen LogP contribution is -2.12. The molecule has 5 heteroatoms. The highest BCUT2D eigenvalue weighted by atomic mass is 35.5. The van der Waals surface area contributed by atoms with Gasteiger partial charge < -0.3 is 0 Å². The third-order valence-corrected chi connectivity index (χ3v) is 3.14. The van der Waals surface area contributed by atoms with Crippen LogP contribution in [-0.4, -0.2) is 18.4 Å². The molecule has 0 unspecified atom stereocenters. The van der Waals surface area contributed by atoms with Crippen LogP contribution in [0.15, 0.2) is 18.2 Å². The number of carbonyl (C=O) groups excluding carboxylic acids is 1. The van der Waals surface area contributed by atoms with Crippen LogP contribution in [0.5, 0.6) is 0 Å². The number of thiazole rings is 1. The van der Waals surface area contributed by atoms with E-state index in [2.05, 4.69) is 4.98 Å². The van der Waals surface area contributed by atoms with Gasteiger partial charge in [0.1, 0.15) is 0 Å². The van der Waals surface area contributed by atoms with Crippen molar-refractivity contribution in [1.29, 1.82) is 0 Å². The van der Waals surface area contributed by atoms with Gasteiger partial charge in [-0.15, -0.1) is 0 Å². The molecule has 0 radical (unpaired) electrons. The number of hydrogen-bond donors (Lipinski definition) is 0. The highest BCUT2D eigenvalue weighted by Crippen LogP contribution is 2.29. The molecule has 0 fully saturated rings. The van der Waals surface area contributed by atoms with Crippen LogP contribution in [0, 0.1) is 0 Å². The fraction of sp³-hybridized carbons (Fsp3) is 0.111. The topological polar surface area (TPSA) is 33.2 Å². The van der Waals surface area contributed by atoms with E-state index in [0.717, 1.165) is 16.6 Å². The highest BCUT2D eigenvalue weighted by molar-refractivity contribution is 7.22. The van der Waals surface area contributed by atoms with Crippen LogP contribution in [0.1, 0.15) is 0 Å². The predicted octanol–water partition coefficient (Wildman–Crippen LogP) is 2.54. The molecule has 1 aromatic carbocycles. The van der Waals surface area contributed by atoms with Crippen molar-refractivity contribution < 1.29 is 4.79 Å². The summed E-state index contributed by atoms with van der Waals surface area (Å²) in [5.74, 6) is 0. The van der Waals surface area contributed by atoms with Crippen molar-refractivity contribution in [1.82, 2.24) is 4.98 Å². The van der Waals surface area contributed by atoms with E-state index in [1.165, 1.54) is 16.2 Å². The second kappa shape index (κ2) is 3.55. The maximum Gasteiger partial charge on any atom is 0.215 e. The second-order valence-corrected chi connectivity index (χ2v) is 4.27. The minimum atomic E-state index is 0.678. The maximum absolute atomic E-state index is 10.5. The summed E-state index contributed by atoms with van der Waals surface area (Å²) in [7, 11) is 1.67. The molecule has 2 rings (SSSR count). The van der Waals surface area contributed by atoms with Gasteiger partial charge in [0.05, 0.1) is 10.2 Å². The molecule has 1 amide bonds. The number of rotatable bonds is 2. The summed E-state index contributed by atoms with van der Waals surface area (Å²) in [5, 5.41) is 1.36. The molecule has 0 saturated heterocycles. The van der Waals surface area contributed by atoms with Gasteiger partial charge in [-0.2, -0.15) is 0 Å². The van der Waals surface area contributed by atoms with Crippen molar-refractivity contribution in [3.05, 3.63) is 23.2 Å². The first-order chi connectivity index (χ1) is 6.70. The quantitative estimate of drug-likeness (QED) is 0.738. The fourth-order valence-corrected chi connectivity index (χ4v) is 2.25. The Morgan fingerprint density at radius 2 is 2.36 bits per heavy atom. The smallest absolute Gasteiger partial charge is 0.215 e. The van der Waals surface area contributed by atoms with Gasteiger partial charge in [-0.3, -0.25) is 9.69 Å². The molecule has 72 valence electrons. The van der Waals surface area contributed by atoms with Crippen molar-refractivity contribution in [2.45, 2.75) is 0 Å². The minimum absolute atomic E-state index is 0.678. The number of hydrogen-bond acceptors (Lipinski definition) is 3. The Labute approximate surface area is 89.9 Å². The van der Waals surface area contributed by atoms with E-state index in [1.807, 2.05) is 12.1 Å². The lowest BCUT2D eigenvalue weighted by atomic mass is 10.3. The number of fused-ring (bicyclic) bond motifs is 1. The van der Waals surface area contributed by atoms with E-state index in [-0.39, 0.29) is 0 Å². The first-order valence-electron chi connectivity index (χ1n) is 3.95. The standard InChI is InChI=1S/C9H7ClN2OS/c1-12(5-13)9-11-7-3-2-6(10)4-8(7)14-9/h2-5H,1H3. The van der Waals surface area contributed by atoms with E-state index in [1.54, 1.807) is 13.1 Å². The zero-order chi connectivity index (χ0) is 10.1. The van der Waals surface area contributed by atoms with E-state index >= 15 is 0 Å². The van der Waals surface area contributed by atoms with Crippen LogP contribution >= 0.6 is 22.9 Å². The largest absolute Gasteiger partial charge is 0.294 e. The van der Waals surface area contributed by atoms with Gasteiger partial charge in [-0.05, 0) is 18.2 Å². The molecular formula is C9H7ClN2OS. The van der Waals surface area contributed by atoms with Gasteiger partial charge >= 0.3 is 0 Å². The number of amides is 1. The van der Waals surface area contributed by atoms with Crippen molar-refractivity contribution in [2.75, 3.05) is 11.9 Å². The van der Waals surface area contributed by atoms with E-state index in [4.69, 9.17) is 11.6 Å². The third kappa shape index (κ3) is 1.58. The summed E-state index contributed by atoms with van der Waals surface area (Å²) >= 11 is 7.28. The lowest BCUT2D eigenvalue weighted by Gasteiger charge is -2.02. The Balaban J connectivity index is 2.56. The van der Waals surface area contributed by atoms with Crippen molar-refractivity contribution in [2.24, 2.45) is 0 Å². The highest BCUT2D eigenvalue weighted by Gasteiger charge is 2.07. The summed E-state index contributed by atoms with van der Waals surface area (Å²) in [5.41, 5.74) is 0.864. The molecule has 1 aromatic heterocycles. The lowest BCUT2D eigenvalue weighted by molar-refractivity contribution is -0.107. The van der Waals surface area contributed by atoms with Crippen LogP contribution in [0.2, 0.25) is 5.02 Å². The zero-order valence-electron chi connectivity index (χ0n) is 7.40. The molecule has 0 N–H and O–H groups in total. The first-order valence-corrected chi connectivity index (χ1v) is 5.14. The predicted molar refractivity (Wildman–Crippen MR) is 59.1 cm³/mol. The Bertz CT molecular complexity index is 483. The number of nitrogens with zero attached hydrogens (tertiary/aromatic N) is 2. The molecule has 14 heavy (non-hydrogen) atoms. The number of aromatic nitrogens is 1. The second-order valence-electron chi connectivity index (χ2n) is 2.82. The first kappa shape index (κ1) is 9.43. The molecule has 0 aliphatic rings. The molecular weight excluding hydrogens is 220 g/mol. The average Bonchev–Trinajstić information content (AvgIpc) is 2.59. The average molecular weight is 227 g/mol. The van der Waals surface area contributed by atoms with Gasteiger partial charge in [-0.25, -0.2) is 4.98 Å². The van der Waals surface area contributed by atoms with Gasteiger partial charge in [0.2, 0.25) is 6.41 Å². The van der Waals surface area contributed by atoms with Gasteiger partial charge in [-0.1, -0.05) is 22.9 Å². The van der Waals surface area contributed by atoms with Crippen LogP contribution in [0.4, 0.5) is 5.13 Å². The van der Waals surface area contributed by atoms with Crippen LogP contribution in [0.3, 0.4) is 0 Å². The summed E-state index contributed by atoms with van der Waals surface area (Å²) in [6.07, 6.45) is 0.735. The molecule has 0 bridgehead atoms. The molecule has 0 aliphatic heterocycles. The summed E-state index contributed by atoms with van der Waals surface area (Å²) < 4.78 is 0.987. The minimum Gasteiger partial charge on any atom is -0.294 e. The summed E-state index contributed by atoms with van der Waals surface area (Å²) in [6, 6.07) is 5.47. The summed E-state index contributed by atoms with van der Waals surface area (Å²) in [6.45, 7) is 0. The summed E-state index contributed by atoms with van der Waals surface area (Å²) in [4.78, 5) is 16.2. The maximum atomic E-state index is 10.5. The number of anilines is 1. The molecule has 3 nitrogen and oxygen atoms in total. The van der Waals surface area contributed by atoms with E-state index in [9.17, 15) is 4.79 Å². The van der Waals surface area contributed by atoms with Crippen molar-refractivity contribution in [3.8, 4) is 0 Å². The Kier molecular flexibility index (Phi) is 2.39. The van der Waals surface area contributed by atoms with Crippen LogP contribution in [0.25, 0.3) is 10.2 Å². The van der Waals surface area contributed by atoms with Crippen molar-refractivity contribution in [3.63, 3.8) is 0 Å². The third-order valence-electron chi connectivity index (χ3n) is 1.80. The van der Waals surface area contributed by atoms with Gasteiger partial charge in [0, 0.05) is 12.1 Å². The monoisotopic (exact) mass is 226 g/mol. The van der Waals surface area contributed by atoms with Gasteiger partial charge in [0.25, 0.3) is 0 Å². The Morgan fingerprint density at radius 3 is 3.07 bits per heavy atom. The van der Waals surface area contributed by atoms with Crippen LogP contribution < -0.4 is 4.90 Å². The van der Waals surface area contributed by atoms with Gasteiger partial charge in [0.15, 0.2) is 5.13 Å². The Morgan fingerprint density at radius 1 is 1.57 bits per heavy atom. The molecule has 0 atom stereocenters. The molecule has 0 spiro atoms. The number of benzene rings is 1. The number of halogens is 1. The van der Waals surface area contributed by atoms with Crippen LogP contribution in [-0.2, 0) is 4.79 Å². The SMILES string of the molecule is CN(C=O)c1nc2ccc(Cl)cc2s1. The van der Waals surface area contributed by atoms with E-state index < -0.39 is 0 Å². The molecule has 0 aliphatic carbocycles. The molecule has 1 heterocycles. The number of carbonyl (C=O) groups is 1. The fourth-order valence-electron chi connectivity index (χ4n) is 1.08. The van der Waals surface area contributed by atoms with Crippen molar-refractivity contribution >= 4 is 44.7 Å². The molecule has 0 saturated carbocycles.